The van der Waals surface area contributed by atoms with Crippen molar-refractivity contribution >= 4 is 69.5 Å². The fraction of sp³-hybridized carbons (Fsp3) is 0.133. The molecular weight excluding hydrogens is 554 g/mol. The van der Waals surface area contributed by atoms with Crippen LogP contribution in [0.2, 0.25) is 0 Å². The number of carbonyl (C=O) groups is 1. The summed E-state index contributed by atoms with van der Waals surface area (Å²) in [5, 5.41) is 0.512. The van der Waals surface area contributed by atoms with E-state index in [0.29, 0.717) is 20.1 Å². The van der Waals surface area contributed by atoms with Gasteiger partial charge in [-0.25, -0.2) is 8.78 Å². The molecule has 0 aliphatic carbocycles. The van der Waals surface area contributed by atoms with Gasteiger partial charge >= 0.3 is 0 Å². The molecule has 0 amide bonds. The molecule has 0 aliphatic rings. The predicted octanol–water partition coefficient (Wildman–Crippen LogP) is 6.51. The Labute approximate surface area is 160 Å². The van der Waals surface area contributed by atoms with Crippen LogP contribution >= 0.6 is 63.7 Å². The average molecular weight is 562 g/mol. The topological polar surface area (TPSA) is 17.1 Å². The molecule has 0 saturated heterocycles. The van der Waals surface area contributed by atoms with Crippen molar-refractivity contribution in [3.8, 4) is 0 Å². The van der Waals surface area contributed by atoms with Gasteiger partial charge < -0.3 is 0 Å². The van der Waals surface area contributed by atoms with Crippen molar-refractivity contribution in [1.82, 2.24) is 0 Å². The average Bonchev–Trinajstić information content (AvgIpc) is 2.50. The van der Waals surface area contributed by atoms with Gasteiger partial charge in [-0.3, -0.25) is 4.79 Å². The maximum absolute atomic E-state index is 14.4. The Morgan fingerprint density at radius 2 is 1.18 bits per heavy atom. The third-order valence-corrected chi connectivity index (χ3v) is 5.13. The summed E-state index contributed by atoms with van der Waals surface area (Å²) in [6, 6.07) is 5.86. The minimum absolute atomic E-state index is 0.165. The number of benzene rings is 2. The molecule has 22 heavy (non-hydrogen) atoms. The van der Waals surface area contributed by atoms with E-state index in [9.17, 15) is 13.6 Å². The van der Waals surface area contributed by atoms with Crippen LogP contribution < -0.4 is 0 Å². The van der Waals surface area contributed by atoms with E-state index in [4.69, 9.17) is 0 Å². The molecule has 0 radical (unpaired) electrons. The molecular formula is C15H8Br4F2O. The lowest BCUT2D eigenvalue weighted by atomic mass is 9.99. The van der Waals surface area contributed by atoms with Gasteiger partial charge in [-0.2, -0.15) is 0 Å². The number of hydrogen-bond donors (Lipinski definition) is 0. The molecule has 0 unspecified atom stereocenters. The predicted molar refractivity (Wildman–Crippen MR) is 96.9 cm³/mol. The summed E-state index contributed by atoms with van der Waals surface area (Å²) in [5.41, 5.74) is 0.324. The summed E-state index contributed by atoms with van der Waals surface area (Å²) in [7, 11) is 0. The summed E-state index contributed by atoms with van der Waals surface area (Å²) in [6.45, 7) is 0. The van der Waals surface area contributed by atoms with Crippen LogP contribution in [0.1, 0.15) is 27.0 Å². The maximum Gasteiger partial charge on any atom is 0.199 e. The van der Waals surface area contributed by atoms with Crippen molar-refractivity contribution in [2.24, 2.45) is 0 Å². The molecule has 2 aromatic carbocycles. The first-order valence-electron chi connectivity index (χ1n) is 6.01. The van der Waals surface area contributed by atoms with Gasteiger partial charge in [-0.1, -0.05) is 63.7 Å². The van der Waals surface area contributed by atoms with Gasteiger partial charge in [0.2, 0.25) is 0 Å². The highest BCUT2D eigenvalue weighted by molar-refractivity contribution is 9.11. The molecule has 0 spiro atoms. The fourth-order valence-corrected chi connectivity index (χ4v) is 3.79. The summed E-state index contributed by atoms with van der Waals surface area (Å²) in [4.78, 5) is 12.6. The van der Waals surface area contributed by atoms with Crippen molar-refractivity contribution in [2.75, 3.05) is 0 Å². The lowest BCUT2D eigenvalue weighted by Gasteiger charge is -2.10. The normalized spacial score (nSPS) is 10.8. The number of halogens is 6. The van der Waals surface area contributed by atoms with E-state index in [1.54, 1.807) is 12.1 Å². The molecule has 1 nitrogen and oxygen atoms in total. The van der Waals surface area contributed by atoms with Gasteiger partial charge in [0, 0.05) is 30.7 Å². The second-order valence-electron chi connectivity index (χ2n) is 4.45. The molecule has 0 aromatic heterocycles. The van der Waals surface area contributed by atoms with Crippen LogP contribution in [0.3, 0.4) is 0 Å². The third kappa shape index (κ3) is 3.68. The highest BCUT2D eigenvalue weighted by Crippen LogP contribution is 2.28. The number of carbonyl (C=O) groups excluding carboxylic acids is 1. The van der Waals surface area contributed by atoms with E-state index in [0.717, 1.165) is 0 Å². The monoisotopic (exact) mass is 558 g/mol. The van der Waals surface area contributed by atoms with Crippen molar-refractivity contribution < 1.29 is 13.6 Å². The van der Waals surface area contributed by atoms with Crippen molar-refractivity contribution in [2.45, 2.75) is 10.7 Å². The van der Waals surface area contributed by atoms with Gasteiger partial charge in [0.05, 0.1) is 11.1 Å². The second kappa shape index (κ2) is 7.64. The summed E-state index contributed by atoms with van der Waals surface area (Å²) < 4.78 is 29.9. The van der Waals surface area contributed by atoms with Crippen LogP contribution in [0, 0.1) is 11.6 Å². The minimum Gasteiger partial charge on any atom is -0.288 e. The highest BCUT2D eigenvalue weighted by atomic mass is 79.9. The molecule has 0 aliphatic heterocycles. The Bertz CT molecular complexity index is 685. The van der Waals surface area contributed by atoms with E-state index < -0.39 is 17.4 Å². The van der Waals surface area contributed by atoms with Gasteiger partial charge in [0.1, 0.15) is 11.6 Å². The molecule has 0 saturated carbocycles. The van der Waals surface area contributed by atoms with Crippen LogP contribution in [-0.2, 0) is 10.7 Å². The number of alkyl halides is 2. The number of ketones is 1. The Hall–Kier alpha value is -0.110. The Morgan fingerprint density at radius 1 is 0.818 bits per heavy atom. The SMILES string of the molecule is O=C(c1cc(Br)cc(CBr)c1F)c1cc(Br)cc(CBr)c1F. The first-order chi connectivity index (χ1) is 10.4. The van der Waals surface area contributed by atoms with Crippen molar-refractivity contribution in [3.05, 3.63) is 67.1 Å². The van der Waals surface area contributed by atoms with Gasteiger partial charge in [-0.05, 0) is 24.3 Å². The Morgan fingerprint density at radius 3 is 1.50 bits per heavy atom. The van der Waals surface area contributed by atoms with Crippen LogP contribution in [0.4, 0.5) is 8.78 Å². The Kier molecular flexibility index (Phi) is 6.33. The van der Waals surface area contributed by atoms with Crippen LogP contribution in [0.5, 0.6) is 0 Å². The van der Waals surface area contributed by atoms with Crippen LogP contribution in [0.25, 0.3) is 0 Å². The van der Waals surface area contributed by atoms with E-state index in [2.05, 4.69) is 63.7 Å². The first-order valence-corrected chi connectivity index (χ1v) is 9.84. The lowest BCUT2D eigenvalue weighted by molar-refractivity contribution is 0.103. The standard InChI is InChI=1S/C15H8Br4F2O/c16-5-7-1-9(18)3-11(13(7)20)15(22)12-4-10(19)2-8(6-17)14(12)21/h1-4H,5-6H2. The van der Waals surface area contributed by atoms with Crippen LogP contribution in [0.15, 0.2) is 33.2 Å². The molecule has 0 fully saturated rings. The van der Waals surface area contributed by atoms with E-state index in [1.807, 2.05) is 0 Å². The highest BCUT2D eigenvalue weighted by Gasteiger charge is 2.22. The molecule has 0 N–H and O–H groups in total. The van der Waals surface area contributed by atoms with Gasteiger partial charge in [0.15, 0.2) is 5.78 Å². The third-order valence-electron chi connectivity index (χ3n) is 3.00. The zero-order chi connectivity index (χ0) is 16.4. The van der Waals surface area contributed by atoms with E-state index in [1.165, 1.54) is 12.1 Å². The zero-order valence-corrected chi connectivity index (χ0v) is 17.2. The summed E-state index contributed by atoms with van der Waals surface area (Å²) in [5.74, 6) is -1.99. The molecule has 0 heterocycles. The smallest absolute Gasteiger partial charge is 0.199 e. The Balaban J connectivity index is 2.63. The number of rotatable bonds is 4. The molecule has 2 aromatic rings. The lowest BCUT2D eigenvalue weighted by Crippen LogP contribution is -2.10. The first kappa shape index (κ1) is 18.2. The zero-order valence-electron chi connectivity index (χ0n) is 10.9. The maximum atomic E-state index is 14.4. The summed E-state index contributed by atoms with van der Waals surface area (Å²) >= 11 is 12.8. The van der Waals surface area contributed by atoms with Crippen molar-refractivity contribution in [1.29, 1.82) is 0 Å². The molecule has 0 atom stereocenters. The molecule has 0 bridgehead atoms. The van der Waals surface area contributed by atoms with Gasteiger partial charge in [-0.15, -0.1) is 0 Å². The minimum atomic E-state index is -0.693. The summed E-state index contributed by atoms with van der Waals surface area (Å²) in [6.07, 6.45) is 0. The number of hydrogen-bond acceptors (Lipinski definition) is 1. The van der Waals surface area contributed by atoms with Crippen molar-refractivity contribution in [3.63, 3.8) is 0 Å². The van der Waals surface area contributed by atoms with E-state index >= 15 is 0 Å². The largest absolute Gasteiger partial charge is 0.288 e. The van der Waals surface area contributed by atoms with Crippen LogP contribution in [-0.4, -0.2) is 5.78 Å². The molecule has 116 valence electrons. The van der Waals surface area contributed by atoms with Gasteiger partial charge in [0.25, 0.3) is 0 Å². The van der Waals surface area contributed by atoms with E-state index in [-0.39, 0.29) is 21.8 Å². The fourth-order valence-electron chi connectivity index (χ4n) is 1.96. The molecule has 2 rings (SSSR count). The quantitative estimate of drug-likeness (QED) is 0.307. The second-order valence-corrected chi connectivity index (χ2v) is 7.40. The molecule has 7 heteroatoms.